The first-order valence-electron chi connectivity index (χ1n) is 7.42. The third kappa shape index (κ3) is 4.15. The van der Waals surface area contributed by atoms with Crippen molar-refractivity contribution in [2.45, 2.75) is 44.9 Å². The van der Waals surface area contributed by atoms with Gasteiger partial charge < -0.3 is 15.8 Å². The number of methoxy groups -OCH3 is 1. The number of hydrogen-bond donors (Lipinski definition) is 2. The highest BCUT2D eigenvalue weighted by Gasteiger charge is 2.15. The van der Waals surface area contributed by atoms with Crippen LogP contribution in [0.3, 0.4) is 0 Å². The Kier molecular flexibility index (Phi) is 5.27. The monoisotopic (exact) mass is 276 g/mol. The molecule has 0 aromatic heterocycles. The molecule has 3 N–H and O–H groups in total. The van der Waals surface area contributed by atoms with E-state index >= 15 is 0 Å². The number of anilines is 2. The molecule has 4 heteroatoms. The van der Waals surface area contributed by atoms with Gasteiger partial charge in [-0.15, -0.1) is 0 Å². The molecule has 0 unspecified atom stereocenters. The van der Waals surface area contributed by atoms with Gasteiger partial charge in [0, 0.05) is 18.2 Å². The molecular formula is C16H24N2O2. The lowest BCUT2D eigenvalue weighted by atomic mass is 9.86. The van der Waals surface area contributed by atoms with E-state index in [0.29, 0.717) is 23.5 Å². The first kappa shape index (κ1) is 14.7. The molecule has 0 heterocycles. The molecule has 1 amide bonds. The second kappa shape index (κ2) is 7.17. The lowest BCUT2D eigenvalue weighted by Crippen LogP contribution is -2.15. The zero-order valence-corrected chi connectivity index (χ0v) is 12.2. The van der Waals surface area contributed by atoms with Gasteiger partial charge in [-0.05, 0) is 24.5 Å². The fourth-order valence-electron chi connectivity index (χ4n) is 2.83. The third-order valence-electron chi connectivity index (χ3n) is 4.00. The minimum absolute atomic E-state index is 0.0543. The summed E-state index contributed by atoms with van der Waals surface area (Å²) in [6.07, 6.45) is 8.11. The van der Waals surface area contributed by atoms with Crippen LogP contribution in [-0.4, -0.2) is 13.0 Å². The molecular weight excluding hydrogens is 252 g/mol. The van der Waals surface area contributed by atoms with E-state index in [2.05, 4.69) is 5.32 Å². The van der Waals surface area contributed by atoms with E-state index in [1.807, 2.05) is 0 Å². The van der Waals surface area contributed by atoms with Crippen LogP contribution in [0.1, 0.15) is 44.9 Å². The molecule has 1 aromatic carbocycles. The zero-order chi connectivity index (χ0) is 14.4. The molecule has 0 atom stereocenters. The summed E-state index contributed by atoms with van der Waals surface area (Å²) in [5.41, 5.74) is 7.01. The quantitative estimate of drug-likeness (QED) is 0.808. The molecule has 1 aromatic rings. The number of amides is 1. The van der Waals surface area contributed by atoms with Crippen molar-refractivity contribution in [2.24, 2.45) is 5.92 Å². The van der Waals surface area contributed by atoms with Crippen LogP contribution < -0.4 is 15.8 Å². The Labute approximate surface area is 120 Å². The van der Waals surface area contributed by atoms with Crippen molar-refractivity contribution >= 4 is 17.3 Å². The largest absolute Gasteiger partial charge is 0.494 e. The predicted molar refractivity (Wildman–Crippen MR) is 81.8 cm³/mol. The van der Waals surface area contributed by atoms with Crippen LogP contribution in [0.25, 0.3) is 0 Å². The highest BCUT2D eigenvalue weighted by Crippen LogP contribution is 2.29. The van der Waals surface area contributed by atoms with Gasteiger partial charge >= 0.3 is 0 Å². The van der Waals surface area contributed by atoms with Gasteiger partial charge in [0.2, 0.25) is 5.91 Å². The molecule has 0 bridgehead atoms. The van der Waals surface area contributed by atoms with E-state index in [0.717, 1.165) is 12.3 Å². The highest BCUT2D eigenvalue weighted by atomic mass is 16.5. The van der Waals surface area contributed by atoms with Gasteiger partial charge in [-0.2, -0.15) is 0 Å². The Balaban J connectivity index is 1.84. The van der Waals surface area contributed by atoms with Gasteiger partial charge in [-0.25, -0.2) is 0 Å². The first-order valence-corrected chi connectivity index (χ1v) is 7.42. The van der Waals surface area contributed by atoms with Crippen molar-refractivity contribution in [3.63, 3.8) is 0 Å². The standard InChI is InChI=1S/C16H24N2O2/c1-20-15-11-13(17)8-9-14(15)18-16(19)10-7-12-5-3-2-4-6-12/h8-9,11-12H,2-7,10,17H2,1H3,(H,18,19). The van der Waals surface area contributed by atoms with E-state index in [-0.39, 0.29) is 5.91 Å². The average Bonchev–Trinajstić information content (AvgIpc) is 2.48. The van der Waals surface area contributed by atoms with Gasteiger partial charge in [-0.1, -0.05) is 32.1 Å². The summed E-state index contributed by atoms with van der Waals surface area (Å²) >= 11 is 0. The zero-order valence-electron chi connectivity index (χ0n) is 12.2. The molecule has 1 aliphatic rings. The summed E-state index contributed by atoms with van der Waals surface area (Å²) in [6, 6.07) is 5.27. The summed E-state index contributed by atoms with van der Waals surface area (Å²) in [5, 5.41) is 2.91. The van der Waals surface area contributed by atoms with Gasteiger partial charge in [-0.3, -0.25) is 4.79 Å². The molecule has 110 valence electrons. The molecule has 0 spiro atoms. The van der Waals surface area contributed by atoms with Crippen LogP contribution in [-0.2, 0) is 4.79 Å². The van der Waals surface area contributed by atoms with Gasteiger partial charge in [0.25, 0.3) is 0 Å². The molecule has 1 aliphatic carbocycles. The third-order valence-corrected chi connectivity index (χ3v) is 4.00. The second-order valence-electron chi connectivity index (χ2n) is 5.55. The summed E-state index contributed by atoms with van der Waals surface area (Å²) in [5.74, 6) is 1.39. The van der Waals surface area contributed by atoms with Crippen molar-refractivity contribution < 1.29 is 9.53 Å². The van der Waals surface area contributed by atoms with Crippen LogP contribution in [0, 0.1) is 5.92 Å². The Hall–Kier alpha value is -1.71. The van der Waals surface area contributed by atoms with Crippen LogP contribution in [0.15, 0.2) is 18.2 Å². The van der Waals surface area contributed by atoms with E-state index in [1.54, 1.807) is 25.3 Å². The van der Waals surface area contributed by atoms with Crippen LogP contribution in [0.2, 0.25) is 0 Å². The molecule has 0 saturated heterocycles. The number of nitrogens with one attached hydrogen (secondary N) is 1. The average molecular weight is 276 g/mol. The Bertz CT molecular complexity index is 454. The molecule has 0 radical (unpaired) electrons. The second-order valence-corrected chi connectivity index (χ2v) is 5.55. The fraction of sp³-hybridized carbons (Fsp3) is 0.562. The minimum Gasteiger partial charge on any atom is -0.494 e. The fourth-order valence-corrected chi connectivity index (χ4v) is 2.83. The van der Waals surface area contributed by atoms with E-state index in [1.165, 1.54) is 32.1 Å². The number of benzene rings is 1. The lowest BCUT2D eigenvalue weighted by Gasteiger charge is -2.21. The maximum absolute atomic E-state index is 12.0. The number of carbonyl (C=O) groups excluding carboxylic acids is 1. The Morgan fingerprint density at radius 3 is 2.80 bits per heavy atom. The SMILES string of the molecule is COc1cc(N)ccc1NC(=O)CCC1CCCCC1. The molecule has 20 heavy (non-hydrogen) atoms. The van der Waals surface area contributed by atoms with Crippen molar-refractivity contribution in [1.82, 2.24) is 0 Å². The van der Waals surface area contributed by atoms with E-state index in [4.69, 9.17) is 10.5 Å². The minimum atomic E-state index is 0.0543. The van der Waals surface area contributed by atoms with E-state index in [9.17, 15) is 4.79 Å². The number of rotatable bonds is 5. The normalized spacial score (nSPS) is 15.8. The van der Waals surface area contributed by atoms with E-state index < -0.39 is 0 Å². The number of nitrogens with two attached hydrogens (primary N) is 1. The first-order chi connectivity index (χ1) is 9.69. The molecule has 1 saturated carbocycles. The summed E-state index contributed by atoms with van der Waals surface area (Å²) in [4.78, 5) is 12.0. The van der Waals surface area contributed by atoms with Crippen LogP contribution in [0.5, 0.6) is 5.75 Å². The number of carbonyl (C=O) groups is 1. The maximum atomic E-state index is 12.0. The Morgan fingerprint density at radius 1 is 1.35 bits per heavy atom. The van der Waals surface area contributed by atoms with Crippen LogP contribution >= 0.6 is 0 Å². The Morgan fingerprint density at radius 2 is 2.10 bits per heavy atom. The summed E-state index contributed by atoms with van der Waals surface area (Å²) in [7, 11) is 1.58. The molecule has 4 nitrogen and oxygen atoms in total. The highest BCUT2D eigenvalue weighted by molar-refractivity contribution is 5.92. The molecule has 0 aliphatic heterocycles. The number of hydrogen-bond acceptors (Lipinski definition) is 3. The predicted octanol–water partition coefficient (Wildman–Crippen LogP) is 3.58. The summed E-state index contributed by atoms with van der Waals surface area (Å²) in [6.45, 7) is 0. The number of nitrogen functional groups attached to an aromatic ring is 1. The maximum Gasteiger partial charge on any atom is 0.224 e. The van der Waals surface area contributed by atoms with Crippen LogP contribution in [0.4, 0.5) is 11.4 Å². The van der Waals surface area contributed by atoms with Gasteiger partial charge in [0.05, 0.1) is 12.8 Å². The lowest BCUT2D eigenvalue weighted by molar-refractivity contribution is -0.116. The van der Waals surface area contributed by atoms with Crippen molar-refractivity contribution in [3.8, 4) is 5.75 Å². The van der Waals surface area contributed by atoms with Gasteiger partial charge in [0.1, 0.15) is 5.75 Å². The number of ether oxygens (including phenoxy) is 1. The van der Waals surface area contributed by atoms with Crippen molar-refractivity contribution in [3.05, 3.63) is 18.2 Å². The molecule has 2 rings (SSSR count). The summed E-state index contributed by atoms with van der Waals surface area (Å²) < 4.78 is 5.23. The topological polar surface area (TPSA) is 64.3 Å². The van der Waals surface area contributed by atoms with Crippen molar-refractivity contribution in [1.29, 1.82) is 0 Å². The van der Waals surface area contributed by atoms with Gasteiger partial charge in [0.15, 0.2) is 0 Å². The molecule has 1 fully saturated rings. The van der Waals surface area contributed by atoms with Crippen molar-refractivity contribution in [2.75, 3.05) is 18.2 Å². The smallest absolute Gasteiger partial charge is 0.224 e.